The number of nitrogens with zero attached hydrogens (tertiary/aromatic N) is 4. The highest BCUT2D eigenvalue weighted by Gasteiger charge is 2.15. The third-order valence-electron chi connectivity index (χ3n) is 6.15. The van der Waals surface area contributed by atoms with Gasteiger partial charge in [-0.05, 0) is 31.6 Å². The van der Waals surface area contributed by atoms with E-state index in [-0.39, 0.29) is 5.91 Å². The van der Waals surface area contributed by atoms with Gasteiger partial charge in [0.05, 0.1) is 25.3 Å². The second-order valence-corrected chi connectivity index (χ2v) is 9.62. The number of rotatable bonds is 9. The van der Waals surface area contributed by atoms with Gasteiger partial charge in [-0.2, -0.15) is 0 Å². The van der Waals surface area contributed by atoms with Crippen molar-refractivity contribution in [3.63, 3.8) is 0 Å². The summed E-state index contributed by atoms with van der Waals surface area (Å²) in [6, 6.07) is 8.66. The topological polar surface area (TPSA) is 60.9 Å². The van der Waals surface area contributed by atoms with Crippen molar-refractivity contribution in [2.24, 2.45) is 0 Å². The van der Waals surface area contributed by atoms with Gasteiger partial charge in [0.2, 0.25) is 5.91 Å². The average Bonchev–Trinajstić information content (AvgIpc) is 3.28. The molecule has 4 rings (SSSR count). The Kier molecular flexibility index (Phi) is 8.64. The highest BCUT2D eigenvalue weighted by molar-refractivity contribution is 7.13. The number of nitrogens with one attached hydrogen (secondary N) is 1. The number of piperazine rings is 1. The summed E-state index contributed by atoms with van der Waals surface area (Å²) in [5.74, 6) is 0.0487. The number of aromatic nitrogens is 1. The monoisotopic (exact) mass is 457 g/mol. The minimum Gasteiger partial charge on any atom is -0.379 e. The molecule has 1 aromatic carbocycles. The number of likely N-dealkylation sites (N-methyl/N-ethyl adjacent to an activating group) is 1. The first-order chi connectivity index (χ1) is 15.7. The summed E-state index contributed by atoms with van der Waals surface area (Å²) in [4.78, 5) is 24.3. The molecule has 174 valence electrons. The molecular weight excluding hydrogens is 422 g/mol. The molecule has 1 aromatic heterocycles. The minimum absolute atomic E-state index is 0.0487. The molecule has 0 saturated carbocycles. The van der Waals surface area contributed by atoms with E-state index in [1.807, 2.05) is 5.38 Å². The van der Waals surface area contributed by atoms with Gasteiger partial charge in [0.25, 0.3) is 0 Å². The van der Waals surface area contributed by atoms with Crippen molar-refractivity contribution in [3.05, 3.63) is 40.9 Å². The quantitative estimate of drug-likeness (QED) is 0.581. The van der Waals surface area contributed by atoms with E-state index >= 15 is 0 Å². The number of carbonyl (C=O) groups is 1. The van der Waals surface area contributed by atoms with Crippen molar-refractivity contribution < 1.29 is 9.53 Å². The molecule has 7 nitrogen and oxygen atoms in total. The zero-order chi connectivity index (χ0) is 22.2. The normalized spacial score (nSPS) is 18.7. The zero-order valence-corrected chi connectivity index (χ0v) is 19.9. The Labute approximate surface area is 195 Å². The number of hydrogen-bond acceptors (Lipinski definition) is 7. The first-order valence-electron chi connectivity index (χ1n) is 11.7. The fourth-order valence-corrected chi connectivity index (χ4v) is 4.99. The van der Waals surface area contributed by atoms with E-state index < -0.39 is 0 Å². The highest BCUT2D eigenvalue weighted by atomic mass is 32.1. The van der Waals surface area contributed by atoms with Gasteiger partial charge in [-0.1, -0.05) is 18.2 Å². The summed E-state index contributed by atoms with van der Waals surface area (Å²) in [6.07, 6.45) is 1.31. The second kappa shape index (κ2) is 11.9. The van der Waals surface area contributed by atoms with Crippen LogP contribution in [0.4, 0.5) is 0 Å². The minimum atomic E-state index is 0.0487. The molecule has 3 heterocycles. The maximum Gasteiger partial charge on any atom is 0.226 e. The van der Waals surface area contributed by atoms with E-state index in [9.17, 15) is 4.79 Å². The van der Waals surface area contributed by atoms with Crippen molar-refractivity contribution in [3.8, 4) is 10.6 Å². The zero-order valence-electron chi connectivity index (χ0n) is 19.1. The number of carbonyl (C=O) groups excluding carboxylic acids is 1. The highest BCUT2D eigenvalue weighted by Crippen LogP contribution is 2.25. The molecule has 0 bridgehead atoms. The standard InChI is InChI=1S/C24H35N5O2S/c1-27-8-10-29(11-9-27)18-20-4-2-5-21(16-20)24-26-22(19-32-24)17-23(30)25-6-3-7-28-12-14-31-15-13-28/h2,4-5,16,19H,3,6-15,17-18H2,1H3,(H,25,30). The fraction of sp³-hybridized carbons (Fsp3) is 0.583. The Morgan fingerprint density at radius 3 is 2.75 bits per heavy atom. The summed E-state index contributed by atoms with van der Waals surface area (Å²) < 4.78 is 5.37. The van der Waals surface area contributed by atoms with Crippen molar-refractivity contribution in [1.29, 1.82) is 0 Å². The molecule has 0 atom stereocenters. The van der Waals surface area contributed by atoms with Gasteiger partial charge < -0.3 is 15.0 Å². The van der Waals surface area contributed by atoms with Crippen LogP contribution in [0.3, 0.4) is 0 Å². The van der Waals surface area contributed by atoms with Crippen molar-refractivity contribution in [2.75, 3.05) is 72.6 Å². The van der Waals surface area contributed by atoms with E-state index in [1.54, 1.807) is 11.3 Å². The van der Waals surface area contributed by atoms with Gasteiger partial charge in [-0.3, -0.25) is 14.6 Å². The van der Waals surface area contributed by atoms with Crippen LogP contribution in [0.2, 0.25) is 0 Å². The Bertz CT molecular complexity index is 860. The first-order valence-corrected chi connectivity index (χ1v) is 12.5. The second-order valence-electron chi connectivity index (χ2n) is 8.76. The smallest absolute Gasteiger partial charge is 0.226 e. The van der Waals surface area contributed by atoms with E-state index in [2.05, 4.69) is 51.3 Å². The SMILES string of the molecule is CN1CCN(Cc2cccc(-c3nc(CC(=O)NCCCN4CCOCC4)cs3)c2)CC1. The van der Waals surface area contributed by atoms with Crippen molar-refractivity contribution >= 4 is 17.2 Å². The number of thiazole rings is 1. The molecule has 1 N–H and O–H groups in total. The summed E-state index contributed by atoms with van der Waals surface area (Å²) in [5.41, 5.74) is 3.31. The van der Waals surface area contributed by atoms with E-state index in [1.165, 1.54) is 5.56 Å². The van der Waals surface area contributed by atoms with Gasteiger partial charge in [-0.25, -0.2) is 4.98 Å². The molecule has 32 heavy (non-hydrogen) atoms. The number of amides is 1. The molecule has 2 aromatic rings. The van der Waals surface area contributed by atoms with Gasteiger partial charge >= 0.3 is 0 Å². The van der Waals surface area contributed by atoms with Crippen LogP contribution in [-0.2, 0) is 22.5 Å². The van der Waals surface area contributed by atoms with Crippen molar-refractivity contribution in [1.82, 2.24) is 25.0 Å². The molecule has 0 unspecified atom stereocenters. The van der Waals surface area contributed by atoms with Crippen LogP contribution in [0.1, 0.15) is 17.7 Å². The number of ether oxygens (including phenoxy) is 1. The summed E-state index contributed by atoms with van der Waals surface area (Å²) in [5, 5.41) is 6.03. The van der Waals surface area contributed by atoms with E-state index in [0.29, 0.717) is 13.0 Å². The van der Waals surface area contributed by atoms with Crippen LogP contribution < -0.4 is 5.32 Å². The van der Waals surface area contributed by atoms with Gasteiger partial charge in [-0.15, -0.1) is 11.3 Å². The first kappa shape index (κ1) is 23.3. The van der Waals surface area contributed by atoms with E-state index in [4.69, 9.17) is 9.72 Å². The summed E-state index contributed by atoms with van der Waals surface area (Å²) in [7, 11) is 2.18. The maximum atomic E-state index is 12.3. The maximum absolute atomic E-state index is 12.3. The van der Waals surface area contributed by atoms with E-state index in [0.717, 1.165) is 88.3 Å². The predicted molar refractivity (Wildman–Crippen MR) is 129 cm³/mol. The van der Waals surface area contributed by atoms with Crippen LogP contribution in [0.25, 0.3) is 10.6 Å². The Balaban J connectivity index is 1.23. The molecule has 0 aliphatic carbocycles. The Morgan fingerprint density at radius 2 is 1.94 bits per heavy atom. The predicted octanol–water partition coefficient (Wildman–Crippen LogP) is 1.94. The van der Waals surface area contributed by atoms with Gasteiger partial charge in [0.1, 0.15) is 5.01 Å². The lowest BCUT2D eigenvalue weighted by atomic mass is 10.1. The fourth-order valence-electron chi connectivity index (χ4n) is 4.17. The molecule has 2 fully saturated rings. The van der Waals surface area contributed by atoms with Crippen LogP contribution in [0, 0.1) is 0 Å². The summed E-state index contributed by atoms with van der Waals surface area (Å²) >= 11 is 1.62. The van der Waals surface area contributed by atoms with Crippen LogP contribution in [0.5, 0.6) is 0 Å². The van der Waals surface area contributed by atoms with Gasteiger partial charge in [0, 0.05) is 63.3 Å². The lowest BCUT2D eigenvalue weighted by Gasteiger charge is -2.32. The number of hydrogen-bond donors (Lipinski definition) is 1. The Morgan fingerprint density at radius 1 is 1.12 bits per heavy atom. The molecule has 2 aliphatic heterocycles. The largest absolute Gasteiger partial charge is 0.379 e. The molecular formula is C24H35N5O2S. The van der Waals surface area contributed by atoms with Crippen LogP contribution in [-0.4, -0.2) is 98.2 Å². The third-order valence-corrected chi connectivity index (χ3v) is 7.09. The van der Waals surface area contributed by atoms with Crippen LogP contribution in [0.15, 0.2) is 29.6 Å². The number of benzene rings is 1. The molecule has 2 saturated heterocycles. The average molecular weight is 458 g/mol. The lowest BCUT2D eigenvalue weighted by Crippen LogP contribution is -2.43. The van der Waals surface area contributed by atoms with Gasteiger partial charge in [0.15, 0.2) is 0 Å². The molecule has 0 spiro atoms. The lowest BCUT2D eigenvalue weighted by molar-refractivity contribution is -0.120. The molecule has 8 heteroatoms. The number of morpholine rings is 1. The van der Waals surface area contributed by atoms with Crippen molar-refractivity contribution in [2.45, 2.75) is 19.4 Å². The molecule has 0 radical (unpaired) electrons. The van der Waals surface area contributed by atoms with Crippen LogP contribution >= 0.6 is 11.3 Å². The third kappa shape index (κ3) is 7.08. The summed E-state index contributed by atoms with van der Waals surface area (Å²) in [6.45, 7) is 10.8. The molecule has 2 aliphatic rings. The Hall–Kier alpha value is -1.84. The molecule has 1 amide bonds.